The zero-order valence-corrected chi connectivity index (χ0v) is 14.4. The lowest BCUT2D eigenvalue weighted by Gasteiger charge is -2.15. The number of nitro groups is 1. The van der Waals surface area contributed by atoms with E-state index in [4.69, 9.17) is 15.2 Å². The third-order valence-electron chi connectivity index (χ3n) is 3.60. The van der Waals surface area contributed by atoms with Gasteiger partial charge in [0, 0.05) is 12.1 Å². The molecule has 2 rings (SSSR count). The van der Waals surface area contributed by atoms with Gasteiger partial charge in [0.2, 0.25) is 0 Å². The Hall–Kier alpha value is -3.17. The lowest BCUT2D eigenvalue weighted by molar-refractivity contribution is -0.384. The molecule has 0 aliphatic heterocycles. The van der Waals surface area contributed by atoms with Gasteiger partial charge in [-0.1, -0.05) is 12.1 Å². The predicted molar refractivity (Wildman–Crippen MR) is 95.3 cm³/mol. The molecule has 0 bridgehead atoms. The Kier molecular flexibility index (Phi) is 7.09. The van der Waals surface area contributed by atoms with Gasteiger partial charge in [0.15, 0.2) is 0 Å². The van der Waals surface area contributed by atoms with Crippen molar-refractivity contribution in [2.45, 2.75) is 18.6 Å². The second kappa shape index (κ2) is 9.51. The summed E-state index contributed by atoms with van der Waals surface area (Å²) >= 11 is 0. The van der Waals surface area contributed by atoms with Crippen LogP contribution in [0, 0.1) is 10.1 Å². The number of phenols is 1. The average Bonchev–Trinajstić information content (AvgIpc) is 2.66. The fourth-order valence-electron chi connectivity index (χ4n) is 2.16. The summed E-state index contributed by atoms with van der Waals surface area (Å²) in [7, 11) is 0. The number of ether oxygens (including phenoxy) is 2. The molecular weight excluding hydrogens is 356 g/mol. The summed E-state index contributed by atoms with van der Waals surface area (Å²) in [6, 6.07) is 10.8. The highest BCUT2D eigenvalue weighted by Crippen LogP contribution is 2.17. The number of nitrogens with zero attached hydrogens (tertiary/aromatic N) is 1. The van der Waals surface area contributed by atoms with Gasteiger partial charge in [-0.05, 0) is 36.2 Å². The minimum atomic E-state index is -1.08. The van der Waals surface area contributed by atoms with Gasteiger partial charge in [-0.25, -0.2) is 0 Å². The molecule has 2 aromatic rings. The highest BCUT2D eigenvalue weighted by molar-refractivity contribution is 5.75. The molecule has 1 unspecified atom stereocenters. The Morgan fingerprint density at radius 2 is 1.74 bits per heavy atom. The van der Waals surface area contributed by atoms with Crippen molar-refractivity contribution < 1.29 is 29.4 Å². The standard InChI is InChI=1S/C18H20N2O7/c19-17(9-12-1-5-14(21)6-2-12)18(23)27-11-15(22)10-26-16-7-3-13(4-8-16)20(24)25/h1-8,15,17,21-22H,9-11,19H2/t15?,17-/m0/s1. The Morgan fingerprint density at radius 3 is 2.33 bits per heavy atom. The van der Waals surface area contributed by atoms with Crippen LogP contribution in [0.4, 0.5) is 5.69 Å². The largest absolute Gasteiger partial charge is 0.508 e. The number of aromatic hydroxyl groups is 1. The van der Waals surface area contributed by atoms with Crippen molar-refractivity contribution in [2.75, 3.05) is 13.2 Å². The van der Waals surface area contributed by atoms with Gasteiger partial charge < -0.3 is 25.4 Å². The minimum absolute atomic E-state index is 0.0700. The molecule has 9 nitrogen and oxygen atoms in total. The predicted octanol–water partition coefficient (Wildman–Crippen LogP) is 1.15. The normalized spacial score (nSPS) is 12.8. The Bertz CT molecular complexity index is 762. The molecule has 0 aromatic heterocycles. The summed E-state index contributed by atoms with van der Waals surface area (Å²) in [5.41, 5.74) is 6.47. The van der Waals surface area contributed by atoms with Crippen LogP contribution in [-0.4, -0.2) is 46.5 Å². The van der Waals surface area contributed by atoms with E-state index in [9.17, 15) is 25.1 Å². The Morgan fingerprint density at radius 1 is 1.11 bits per heavy atom. The van der Waals surface area contributed by atoms with Crippen molar-refractivity contribution >= 4 is 11.7 Å². The van der Waals surface area contributed by atoms with Crippen LogP contribution >= 0.6 is 0 Å². The lowest BCUT2D eigenvalue weighted by atomic mass is 10.1. The van der Waals surface area contributed by atoms with E-state index < -0.39 is 23.0 Å². The number of non-ortho nitro benzene ring substituents is 1. The van der Waals surface area contributed by atoms with Crippen molar-refractivity contribution in [3.05, 3.63) is 64.2 Å². The van der Waals surface area contributed by atoms with Gasteiger partial charge in [0.25, 0.3) is 5.69 Å². The van der Waals surface area contributed by atoms with E-state index in [-0.39, 0.29) is 31.1 Å². The molecule has 2 aromatic carbocycles. The first kappa shape index (κ1) is 20.1. The van der Waals surface area contributed by atoms with Gasteiger partial charge in [0.05, 0.1) is 4.92 Å². The van der Waals surface area contributed by atoms with Crippen LogP contribution in [0.3, 0.4) is 0 Å². The van der Waals surface area contributed by atoms with Crippen LogP contribution < -0.4 is 10.5 Å². The van der Waals surface area contributed by atoms with Crippen LogP contribution in [0.25, 0.3) is 0 Å². The van der Waals surface area contributed by atoms with E-state index in [1.807, 2.05) is 0 Å². The number of benzene rings is 2. The number of esters is 1. The van der Waals surface area contributed by atoms with E-state index in [0.717, 1.165) is 5.56 Å². The number of aliphatic hydroxyl groups is 1. The zero-order valence-electron chi connectivity index (χ0n) is 14.4. The van der Waals surface area contributed by atoms with E-state index in [1.54, 1.807) is 12.1 Å². The maximum absolute atomic E-state index is 11.9. The third-order valence-corrected chi connectivity index (χ3v) is 3.60. The summed E-state index contributed by atoms with van der Waals surface area (Å²) in [6.45, 7) is -0.451. The Labute approximate surface area is 155 Å². The highest BCUT2D eigenvalue weighted by atomic mass is 16.6. The molecule has 0 saturated carbocycles. The van der Waals surface area contributed by atoms with Crippen LogP contribution in [0.2, 0.25) is 0 Å². The molecule has 0 aliphatic carbocycles. The highest BCUT2D eigenvalue weighted by Gasteiger charge is 2.18. The van der Waals surface area contributed by atoms with Crippen LogP contribution in [0.15, 0.2) is 48.5 Å². The zero-order chi connectivity index (χ0) is 19.8. The number of phenolic OH excluding ortho intramolecular Hbond substituents is 1. The average molecular weight is 376 g/mol. The molecular formula is C18H20N2O7. The number of carbonyl (C=O) groups excluding carboxylic acids is 1. The van der Waals surface area contributed by atoms with Gasteiger partial charge in [-0.2, -0.15) is 0 Å². The molecule has 144 valence electrons. The van der Waals surface area contributed by atoms with E-state index in [1.165, 1.54) is 36.4 Å². The monoisotopic (exact) mass is 376 g/mol. The first-order valence-corrected chi connectivity index (χ1v) is 8.10. The van der Waals surface area contributed by atoms with Gasteiger partial charge in [-0.3, -0.25) is 14.9 Å². The van der Waals surface area contributed by atoms with Gasteiger partial charge in [0.1, 0.15) is 36.9 Å². The summed E-state index contributed by atoms with van der Waals surface area (Å²) in [4.78, 5) is 21.9. The minimum Gasteiger partial charge on any atom is -0.508 e. The summed E-state index contributed by atoms with van der Waals surface area (Å²) in [5, 5.41) is 29.6. The maximum Gasteiger partial charge on any atom is 0.323 e. The Balaban J connectivity index is 1.72. The molecule has 0 radical (unpaired) electrons. The fraction of sp³-hybridized carbons (Fsp3) is 0.278. The number of nitrogens with two attached hydrogens (primary N) is 1. The first-order valence-electron chi connectivity index (χ1n) is 8.10. The molecule has 0 fully saturated rings. The molecule has 0 amide bonds. The number of nitro benzene ring substituents is 1. The van der Waals surface area contributed by atoms with E-state index in [2.05, 4.69) is 0 Å². The van der Waals surface area contributed by atoms with Crippen LogP contribution in [-0.2, 0) is 16.0 Å². The number of rotatable bonds is 9. The van der Waals surface area contributed by atoms with Crippen molar-refractivity contribution in [2.24, 2.45) is 5.73 Å². The van der Waals surface area contributed by atoms with Gasteiger partial charge in [-0.15, -0.1) is 0 Å². The number of aliphatic hydroxyl groups excluding tert-OH is 1. The van der Waals surface area contributed by atoms with E-state index in [0.29, 0.717) is 5.75 Å². The van der Waals surface area contributed by atoms with E-state index >= 15 is 0 Å². The molecule has 0 saturated heterocycles. The molecule has 0 aliphatic rings. The third kappa shape index (κ3) is 6.57. The topological polar surface area (TPSA) is 145 Å². The molecule has 27 heavy (non-hydrogen) atoms. The number of hydrogen-bond acceptors (Lipinski definition) is 8. The van der Waals surface area contributed by atoms with Crippen molar-refractivity contribution in [3.8, 4) is 11.5 Å². The summed E-state index contributed by atoms with van der Waals surface area (Å²) in [5.74, 6) is -0.210. The molecule has 4 N–H and O–H groups in total. The number of carbonyl (C=O) groups is 1. The second-order valence-corrected chi connectivity index (χ2v) is 5.82. The van der Waals surface area contributed by atoms with Crippen LogP contribution in [0.5, 0.6) is 11.5 Å². The van der Waals surface area contributed by atoms with Crippen molar-refractivity contribution in [3.63, 3.8) is 0 Å². The maximum atomic E-state index is 11.9. The molecule has 2 atom stereocenters. The van der Waals surface area contributed by atoms with Gasteiger partial charge >= 0.3 is 5.97 Å². The van der Waals surface area contributed by atoms with Crippen LogP contribution in [0.1, 0.15) is 5.56 Å². The van der Waals surface area contributed by atoms with Crippen molar-refractivity contribution in [1.29, 1.82) is 0 Å². The summed E-state index contributed by atoms with van der Waals surface area (Å²) in [6.07, 6.45) is -0.848. The molecule has 9 heteroatoms. The lowest BCUT2D eigenvalue weighted by Crippen LogP contribution is -2.36. The smallest absolute Gasteiger partial charge is 0.323 e. The quantitative estimate of drug-likeness (QED) is 0.336. The number of hydrogen-bond donors (Lipinski definition) is 3. The molecule has 0 heterocycles. The summed E-state index contributed by atoms with van der Waals surface area (Å²) < 4.78 is 10.3. The second-order valence-electron chi connectivity index (χ2n) is 5.82. The molecule has 0 spiro atoms. The fourth-order valence-corrected chi connectivity index (χ4v) is 2.16. The van der Waals surface area contributed by atoms with Crippen molar-refractivity contribution in [1.82, 2.24) is 0 Å². The SMILES string of the molecule is N[C@@H](Cc1ccc(O)cc1)C(=O)OCC(O)COc1ccc([N+](=O)[O-])cc1. The first-order chi connectivity index (χ1) is 12.8.